The highest BCUT2D eigenvalue weighted by Crippen LogP contribution is 2.31. The lowest BCUT2D eigenvalue weighted by Gasteiger charge is -2.35. The summed E-state index contributed by atoms with van der Waals surface area (Å²) in [7, 11) is -4.04. The number of halogens is 1. The molecule has 5 rings (SSSR count). The van der Waals surface area contributed by atoms with Gasteiger partial charge in [-0.2, -0.15) is 4.31 Å². The third kappa shape index (κ3) is 4.01. The first-order valence-corrected chi connectivity index (χ1v) is 12.0. The normalized spacial score (nSPS) is 16.3. The van der Waals surface area contributed by atoms with Crippen molar-refractivity contribution in [1.82, 2.24) is 4.31 Å². The molecule has 0 unspecified atom stereocenters. The van der Waals surface area contributed by atoms with E-state index < -0.39 is 27.8 Å². The molecule has 0 saturated carbocycles. The van der Waals surface area contributed by atoms with Crippen molar-refractivity contribution in [2.75, 3.05) is 5.32 Å². The minimum absolute atomic E-state index is 0.0498. The maximum absolute atomic E-state index is 13.5. The molecule has 1 aliphatic heterocycles. The first-order valence-electron chi connectivity index (χ1n) is 10.6. The first-order chi connectivity index (χ1) is 15.9. The first kappa shape index (κ1) is 21.3. The molecule has 1 amide bonds. The Morgan fingerprint density at radius 3 is 2.30 bits per heavy atom. The summed E-state index contributed by atoms with van der Waals surface area (Å²) in [5.74, 6) is -0.935. The van der Waals surface area contributed by atoms with Crippen LogP contribution in [0.4, 0.5) is 10.1 Å². The van der Waals surface area contributed by atoms with E-state index in [1.807, 2.05) is 60.7 Å². The molecule has 0 aliphatic carbocycles. The predicted molar refractivity (Wildman–Crippen MR) is 126 cm³/mol. The summed E-state index contributed by atoms with van der Waals surface area (Å²) in [4.78, 5) is 13.4. The van der Waals surface area contributed by atoms with Gasteiger partial charge in [0.25, 0.3) is 0 Å². The fourth-order valence-corrected chi connectivity index (χ4v) is 5.83. The third-order valence-corrected chi connectivity index (χ3v) is 7.84. The Kier molecular flexibility index (Phi) is 5.44. The van der Waals surface area contributed by atoms with Gasteiger partial charge in [-0.05, 0) is 53.3 Å². The maximum Gasteiger partial charge on any atom is 0.244 e. The lowest BCUT2D eigenvalue weighted by Crippen LogP contribution is -2.50. The van der Waals surface area contributed by atoms with Gasteiger partial charge in [0.05, 0.1) is 4.90 Å². The average molecular weight is 461 g/mol. The minimum atomic E-state index is -4.04. The Labute approximate surface area is 191 Å². The van der Waals surface area contributed by atoms with E-state index in [-0.39, 0.29) is 17.9 Å². The van der Waals surface area contributed by atoms with Gasteiger partial charge in [-0.15, -0.1) is 0 Å². The van der Waals surface area contributed by atoms with Crippen molar-refractivity contribution in [2.45, 2.75) is 23.9 Å². The summed E-state index contributed by atoms with van der Waals surface area (Å²) in [6.45, 7) is 0.0590. The molecule has 0 radical (unpaired) electrons. The number of amides is 1. The molecular weight excluding hydrogens is 439 g/mol. The Balaban J connectivity index is 1.54. The lowest BCUT2D eigenvalue weighted by atomic mass is 9.95. The average Bonchev–Trinajstić information content (AvgIpc) is 2.83. The van der Waals surface area contributed by atoms with Gasteiger partial charge in [0.15, 0.2) is 0 Å². The standard InChI is InChI=1S/C26H21FN2O3S/c27-21-12-14-22(15-13-21)33(31,32)29-17-20-8-2-1-7-19(20)16-25(29)26(30)28-24-11-5-9-18-6-3-4-10-23(18)24/h1-15,25H,16-17H2,(H,28,30)/t25-/m1/s1. The molecule has 0 saturated heterocycles. The van der Waals surface area contributed by atoms with Crippen molar-refractivity contribution in [1.29, 1.82) is 0 Å². The molecule has 4 aromatic rings. The number of rotatable bonds is 4. The van der Waals surface area contributed by atoms with E-state index in [0.29, 0.717) is 5.69 Å². The number of carbonyl (C=O) groups excluding carboxylic acids is 1. The highest BCUT2D eigenvalue weighted by atomic mass is 32.2. The van der Waals surface area contributed by atoms with E-state index in [1.165, 1.54) is 16.4 Å². The van der Waals surface area contributed by atoms with Crippen LogP contribution in [0.2, 0.25) is 0 Å². The van der Waals surface area contributed by atoms with Crippen LogP contribution in [0.5, 0.6) is 0 Å². The van der Waals surface area contributed by atoms with Crippen molar-refractivity contribution in [3.8, 4) is 0 Å². The summed E-state index contributed by atoms with van der Waals surface area (Å²) < 4.78 is 41.7. The second-order valence-electron chi connectivity index (χ2n) is 8.01. The van der Waals surface area contributed by atoms with E-state index in [9.17, 15) is 17.6 Å². The zero-order valence-electron chi connectivity index (χ0n) is 17.6. The number of fused-ring (bicyclic) bond motifs is 2. The highest BCUT2D eigenvalue weighted by molar-refractivity contribution is 7.89. The second-order valence-corrected chi connectivity index (χ2v) is 9.90. The van der Waals surface area contributed by atoms with Crippen molar-refractivity contribution in [2.24, 2.45) is 0 Å². The summed E-state index contributed by atoms with van der Waals surface area (Å²) in [5, 5.41) is 4.79. The van der Waals surface area contributed by atoms with Crippen LogP contribution in [0, 0.1) is 5.82 Å². The summed E-state index contributed by atoms with van der Waals surface area (Å²) in [6, 6.07) is 24.5. The number of nitrogens with one attached hydrogen (secondary N) is 1. The van der Waals surface area contributed by atoms with Gasteiger partial charge in [0, 0.05) is 17.6 Å². The molecule has 7 heteroatoms. The Morgan fingerprint density at radius 2 is 1.52 bits per heavy atom. The monoisotopic (exact) mass is 460 g/mol. The van der Waals surface area contributed by atoms with Gasteiger partial charge < -0.3 is 5.32 Å². The number of nitrogens with zero attached hydrogens (tertiary/aromatic N) is 1. The maximum atomic E-state index is 13.5. The minimum Gasteiger partial charge on any atom is -0.324 e. The molecule has 33 heavy (non-hydrogen) atoms. The number of hydrogen-bond acceptors (Lipinski definition) is 3. The third-order valence-electron chi connectivity index (χ3n) is 5.98. The zero-order valence-corrected chi connectivity index (χ0v) is 18.4. The molecule has 1 heterocycles. The largest absolute Gasteiger partial charge is 0.324 e. The SMILES string of the molecule is O=C(Nc1cccc2ccccc12)[C@H]1Cc2ccccc2CN1S(=O)(=O)c1ccc(F)cc1. The molecule has 0 aromatic heterocycles. The fraction of sp³-hybridized carbons (Fsp3) is 0.115. The molecule has 4 aromatic carbocycles. The number of hydrogen-bond donors (Lipinski definition) is 1. The summed E-state index contributed by atoms with van der Waals surface area (Å²) in [6.07, 6.45) is 0.243. The smallest absolute Gasteiger partial charge is 0.244 e. The molecule has 166 valence electrons. The van der Waals surface area contributed by atoms with E-state index in [1.54, 1.807) is 6.07 Å². The number of anilines is 1. The van der Waals surface area contributed by atoms with Gasteiger partial charge in [0.1, 0.15) is 11.9 Å². The summed E-state index contributed by atoms with van der Waals surface area (Å²) in [5.41, 5.74) is 2.40. The molecule has 5 nitrogen and oxygen atoms in total. The van der Waals surface area contributed by atoms with Crippen molar-refractivity contribution >= 4 is 32.4 Å². The molecular formula is C26H21FN2O3S. The second kappa shape index (κ2) is 8.42. The Bertz CT molecular complexity index is 1450. The van der Waals surface area contributed by atoms with E-state index in [2.05, 4.69) is 5.32 Å². The van der Waals surface area contributed by atoms with Crippen LogP contribution in [-0.4, -0.2) is 24.7 Å². The van der Waals surface area contributed by atoms with Gasteiger partial charge >= 0.3 is 0 Å². The van der Waals surface area contributed by atoms with E-state index in [0.717, 1.165) is 34.0 Å². The lowest BCUT2D eigenvalue weighted by molar-refractivity contribution is -0.120. The molecule has 0 spiro atoms. The van der Waals surface area contributed by atoms with Crippen LogP contribution in [0.3, 0.4) is 0 Å². The van der Waals surface area contributed by atoms with Crippen LogP contribution >= 0.6 is 0 Å². The quantitative estimate of drug-likeness (QED) is 0.479. The van der Waals surface area contributed by atoms with Crippen LogP contribution in [-0.2, 0) is 27.8 Å². The van der Waals surface area contributed by atoms with Crippen molar-refractivity contribution < 1.29 is 17.6 Å². The van der Waals surface area contributed by atoms with Crippen LogP contribution in [0.15, 0.2) is 95.9 Å². The molecule has 1 aliphatic rings. The number of carbonyl (C=O) groups is 1. The molecule has 1 atom stereocenters. The van der Waals surface area contributed by atoms with Crippen molar-refractivity contribution in [3.05, 3.63) is 108 Å². The predicted octanol–water partition coefficient (Wildman–Crippen LogP) is 4.73. The highest BCUT2D eigenvalue weighted by Gasteiger charge is 2.39. The molecule has 0 fully saturated rings. The van der Waals surface area contributed by atoms with Crippen LogP contribution in [0.1, 0.15) is 11.1 Å². The molecule has 0 bridgehead atoms. The van der Waals surface area contributed by atoms with Crippen LogP contribution < -0.4 is 5.32 Å². The van der Waals surface area contributed by atoms with Gasteiger partial charge in [-0.3, -0.25) is 4.79 Å². The Hall–Kier alpha value is -3.55. The zero-order chi connectivity index (χ0) is 23.0. The van der Waals surface area contributed by atoms with Gasteiger partial charge in [-0.25, -0.2) is 12.8 Å². The van der Waals surface area contributed by atoms with Crippen LogP contribution in [0.25, 0.3) is 10.8 Å². The van der Waals surface area contributed by atoms with E-state index in [4.69, 9.17) is 0 Å². The number of benzene rings is 4. The van der Waals surface area contributed by atoms with E-state index >= 15 is 0 Å². The molecule has 1 N–H and O–H groups in total. The summed E-state index contributed by atoms with van der Waals surface area (Å²) >= 11 is 0. The topological polar surface area (TPSA) is 66.5 Å². The van der Waals surface area contributed by atoms with Crippen molar-refractivity contribution in [3.63, 3.8) is 0 Å². The Morgan fingerprint density at radius 1 is 0.848 bits per heavy atom. The van der Waals surface area contributed by atoms with Gasteiger partial charge in [0.2, 0.25) is 15.9 Å². The van der Waals surface area contributed by atoms with Gasteiger partial charge in [-0.1, -0.05) is 60.7 Å². The fourth-order valence-electron chi connectivity index (χ4n) is 4.27. The number of sulfonamides is 1.